The number of carboxylic acids is 1. The molecule has 0 heterocycles. The first kappa shape index (κ1) is 16.5. The van der Waals surface area contributed by atoms with Crippen molar-refractivity contribution in [3.05, 3.63) is 29.8 Å². The smallest absolute Gasteiger partial charge is 0.335 e. The Balaban J connectivity index is 2.67. The molecule has 0 aliphatic rings. The van der Waals surface area contributed by atoms with Crippen LogP contribution in [0, 0.1) is 0 Å². The van der Waals surface area contributed by atoms with Crippen molar-refractivity contribution in [2.45, 2.75) is 26.3 Å². The average molecular weight is 280 g/mol. The molecule has 0 spiro atoms. The van der Waals surface area contributed by atoms with Gasteiger partial charge in [0.05, 0.1) is 12.2 Å². The minimum atomic E-state index is -0.931. The van der Waals surface area contributed by atoms with Crippen LogP contribution in [0.25, 0.3) is 0 Å². The molecule has 0 amide bonds. The summed E-state index contributed by atoms with van der Waals surface area (Å²) in [5.41, 5.74) is 1.24. The third kappa shape index (κ3) is 5.59. The molecule has 1 aromatic carbocycles. The zero-order chi connectivity index (χ0) is 15.2. The minimum Gasteiger partial charge on any atom is -0.478 e. The lowest BCUT2D eigenvalue weighted by molar-refractivity contribution is 0.0697. The molecular formula is C15H24N2O3. The van der Waals surface area contributed by atoms with Gasteiger partial charge in [0.2, 0.25) is 0 Å². The van der Waals surface area contributed by atoms with Gasteiger partial charge in [-0.2, -0.15) is 0 Å². The maximum Gasteiger partial charge on any atom is 0.335 e. The lowest BCUT2D eigenvalue weighted by Gasteiger charge is -2.27. The molecule has 0 aromatic heterocycles. The van der Waals surface area contributed by atoms with Crippen molar-refractivity contribution in [1.82, 2.24) is 5.32 Å². The number of carbonyl (C=O) groups is 1. The van der Waals surface area contributed by atoms with Crippen molar-refractivity contribution in [1.29, 1.82) is 0 Å². The van der Waals surface area contributed by atoms with Crippen LogP contribution in [0.1, 0.15) is 31.1 Å². The SMILES string of the molecule is CC(C)(C)NCCN(CCO)c1ccc(C(=O)O)cc1. The maximum absolute atomic E-state index is 10.8. The monoisotopic (exact) mass is 280 g/mol. The van der Waals surface area contributed by atoms with Gasteiger partial charge in [0.25, 0.3) is 0 Å². The first-order valence-corrected chi connectivity index (χ1v) is 6.77. The average Bonchev–Trinajstić information content (AvgIpc) is 2.36. The van der Waals surface area contributed by atoms with E-state index in [1.807, 2.05) is 4.90 Å². The highest BCUT2D eigenvalue weighted by atomic mass is 16.4. The number of carboxylic acid groups (broad SMARTS) is 1. The molecule has 0 atom stereocenters. The lowest BCUT2D eigenvalue weighted by atomic mass is 10.1. The quantitative estimate of drug-likeness (QED) is 0.707. The Kier molecular flexibility index (Phi) is 5.98. The number of aliphatic hydroxyl groups is 1. The Labute approximate surface area is 120 Å². The largest absolute Gasteiger partial charge is 0.478 e. The summed E-state index contributed by atoms with van der Waals surface area (Å²) >= 11 is 0. The van der Waals surface area contributed by atoms with Crippen LogP contribution in [0.15, 0.2) is 24.3 Å². The van der Waals surface area contributed by atoms with Crippen LogP contribution >= 0.6 is 0 Å². The second-order valence-electron chi connectivity index (χ2n) is 5.74. The number of benzene rings is 1. The summed E-state index contributed by atoms with van der Waals surface area (Å²) in [6.45, 7) is 8.45. The fraction of sp³-hybridized carbons (Fsp3) is 0.533. The van der Waals surface area contributed by atoms with Crippen LogP contribution in [-0.2, 0) is 0 Å². The van der Waals surface area contributed by atoms with Gasteiger partial charge in [0, 0.05) is 30.9 Å². The number of anilines is 1. The van der Waals surface area contributed by atoms with Crippen LogP contribution in [0.5, 0.6) is 0 Å². The van der Waals surface area contributed by atoms with Gasteiger partial charge in [0.1, 0.15) is 0 Å². The molecule has 112 valence electrons. The van der Waals surface area contributed by atoms with Gasteiger partial charge in [-0.05, 0) is 45.0 Å². The summed E-state index contributed by atoms with van der Waals surface area (Å²) in [6, 6.07) is 6.71. The topological polar surface area (TPSA) is 72.8 Å². The number of nitrogens with zero attached hydrogens (tertiary/aromatic N) is 1. The molecule has 5 heteroatoms. The van der Waals surface area contributed by atoms with E-state index in [1.165, 1.54) is 0 Å². The molecule has 0 aliphatic heterocycles. The fourth-order valence-corrected chi connectivity index (χ4v) is 1.87. The molecule has 5 nitrogen and oxygen atoms in total. The standard InChI is InChI=1S/C15H24N2O3/c1-15(2,3)16-8-9-17(10-11-18)13-6-4-12(5-7-13)14(19)20/h4-7,16,18H,8-11H2,1-3H3,(H,19,20). The summed E-state index contributed by atoms with van der Waals surface area (Å²) in [5.74, 6) is -0.931. The van der Waals surface area contributed by atoms with Gasteiger partial charge < -0.3 is 20.4 Å². The highest BCUT2D eigenvalue weighted by Gasteiger charge is 2.11. The lowest BCUT2D eigenvalue weighted by Crippen LogP contribution is -2.42. The third-order valence-electron chi connectivity index (χ3n) is 2.89. The molecule has 0 bridgehead atoms. The summed E-state index contributed by atoms with van der Waals surface area (Å²) in [7, 11) is 0. The summed E-state index contributed by atoms with van der Waals surface area (Å²) in [4.78, 5) is 12.9. The van der Waals surface area contributed by atoms with Gasteiger partial charge in [-0.1, -0.05) is 0 Å². The predicted octanol–water partition coefficient (Wildman–Crippen LogP) is 1.57. The van der Waals surface area contributed by atoms with E-state index >= 15 is 0 Å². The molecule has 0 saturated carbocycles. The van der Waals surface area contributed by atoms with Crippen LogP contribution in [0.4, 0.5) is 5.69 Å². The third-order valence-corrected chi connectivity index (χ3v) is 2.89. The van der Waals surface area contributed by atoms with Crippen LogP contribution in [0.2, 0.25) is 0 Å². The molecule has 0 fully saturated rings. The van der Waals surface area contributed by atoms with Crippen LogP contribution < -0.4 is 10.2 Å². The Hall–Kier alpha value is -1.59. The normalized spacial score (nSPS) is 11.4. The second-order valence-corrected chi connectivity index (χ2v) is 5.74. The zero-order valence-electron chi connectivity index (χ0n) is 12.4. The first-order chi connectivity index (χ1) is 9.33. The fourth-order valence-electron chi connectivity index (χ4n) is 1.87. The van der Waals surface area contributed by atoms with Gasteiger partial charge in [-0.25, -0.2) is 4.79 Å². The second kappa shape index (κ2) is 7.26. The van der Waals surface area contributed by atoms with Crippen LogP contribution in [0.3, 0.4) is 0 Å². The number of aromatic carboxylic acids is 1. The van der Waals surface area contributed by atoms with E-state index in [-0.39, 0.29) is 17.7 Å². The minimum absolute atomic E-state index is 0.0536. The Morgan fingerprint density at radius 2 is 1.80 bits per heavy atom. The molecule has 1 aromatic rings. The zero-order valence-corrected chi connectivity index (χ0v) is 12.4. The van der Waals surface area contributed by atoms with Crippen molar-refractivity contribution < 1.29 is 15.0 Å². The van der Waals surface area contributed by atoms with Gasteiger partial charge >= 0.3 is 5.97 Å². The highest BCUT2D eigenvalue weighted by molar-refractivity contribution is 5.88. The number of aliphatic hydroxyl groups excluding tert-OH is 1. The van der Waals surface area contributed by atoms with Crippen molar-refractivity contribution in [3.63, 3.8) is 0 Å². The molecule has 0 saturated heterocycles. The molecule has 1 rings (SSSR count). The van der Waals surface area contributed by atoms with E-state index in [9.17, 15) is 4.79 Å². The van der Waals surface area contributed by atoms with E-state index in [0.29, 0.717) is 6.54 Å². The summed E-state index contributed by atoms with van der Waals surface area (Å²) < 4.78 is 0. The number of rotatable bonds is 7. The van der Waals surface area contributed by atoms with Gasteiger partial charge in [0.15, 0.2) is 0 Å². The van der Waals surface area contributed by atoms with Gasteiger partial charge in [-0.3, -0.25) is 0 Å². The predicted molar refractivity (Wildman–Crippen MR) is 80.5 cm³/mol. The Bertz CT molecular complexity index is 424. The molecule has 0 unspecified atom stereocenters. The Morgan fingerprint density at radius 3 is 2.25 bits per heavy atom. The number of nitrogens with one attached hydrogen (secondary N) is 1. The van der Waals surface area contributed by atoms with Crippen molar-refractivity contribution in [2.75, 3.05) is 31.1 Å². The van der Waals surface area contributed by atoms with Crippen molar-refractivity contribution >= 4 is 11.7 Å². The van der Waals surface area contributed by atoms with E-state index < -0.39 is 5.97 Å². The number of hydrogen-bond donors (Lipinski definition) is 3. The molecule has 0 radical (unpaired) electrons. The van der Waals surface area contributed by atoms with Crippen molar-refractivity contribution in [3.8, 4) is 0 Å². The number of hydrogen-bond acceptors (Lipinski definition) is 4. The maximum atomic E-state index is 10.8. The molecule has 3 N–H and O–H groups in total. The summed E-state index contributed by atoms with van der Waals surface area (Å²) in [5, 5.41) is 21.4. The van der Waals surface area contributed by atoms with E-state index in [1.54, 1.807) is 24.3 Å². The van der Waals surface area contributed by atoms with Crippen LogP contribution in [-0.4, -0.2) is 48.0 Å². The van der Waals surface area contributed by atoms with E-state index in [0.717, 1.165) is 18.8 Å². The first-order valence-electron chi connectivity index (χ1n) is 6.77. The highest BCUT2D eigenvalue weighted by Crippen LogP contribution is 2.15. The molecule has 20 heavy (non-hydrogen) atoms. The summed E-state index contributed by atoms with van der Waals surface area (Å²) in [6.07, 6.45) is 0. The molecular weight excluding hydrogens is 256 g/mol. The van der Waals surface area contributed by atoms with Crippen molar-refractivity contribution in [2.24, 2.45) is 0 Å². The van der Waals surface area contributed by atoms with E-state index in [2.05, 4.69) is 26.1 Å². The molecule has 0 aliphatic carbocycles. The van der Waals surface area contributed by atoms with E-state index in [4.69, 9.17) is 10.2 Å². The van der Waals surface area contributed by atoms with Gasteiger partial charge in [-0.15, -0.1) is 0 Å². The Morgan fingerprint density at radius 1 is 1.20 bits per heavy atom.